The molecule has 0 radical (unpaired) electrons. The molecule has 5 nitrogen and oxygen atoms in total. The van der Waals surface area contributed by atoms with Crippen molar-refractivity contribution in [1.82, 2.24) is 9.55 Å². The van der Waals surface area contributed by atoms with Crippen LogP contribution in [0.4, 0.5) is 11.5 Å². The molecule has 120 valence electrons. The van der Waals surface area contributed by atoms with E-state index in [0.29, 0.717) is 11.6 Å². The minimum atomic E-state index is -0.199. The van der Waals surface area contributed by atoms with Crippen LogP contribution in [0, 0.1) is 12.8 Å². The number of aromatic nitrogens is 2. The molecule has 2 aromatic rings. The molecule has 0 bridgehead atoms. The number of benzene rings is 1. The van der Waals surface area contributed by atoms with Crippen LogP contribution >= 0.6 is 0 Å². The van der Waals surface area contributed by atoms with Crippen LogP contribution in [-0.4, -0.2) is 9.55 Å². The van der Waals surface area contributed by atoms with Gasteiger partial charge in [-0.2, -0.15) is 4.98 Å². The fraction of sp³-hybridized carbons (Fsp3) is 0.444. The van der Waals surface area contributed by atoms with Gasteiger partial charge in [-0.15, -0.1) is 0 Å². The smallest absolute Gasteiger partial charge is 0.350 e. The number of hydrogen-bond donors (Lipinski definition) is 1. The van der Waals surface area contributed by atoms with E-state index in [1.807, 2.05) is 31.3 Å². The zero-order chi connectivity index (χ0) is 16.0. The molecule has 1 N–H and O–H groups in total. The van der Waals surface area contributed by atoms with Crippen LogP contribution in [0.5, 0.6) is 11.5 Å². The van der Waals surface area contributed by atoms with E-state index >= 15 is 0 Å². The second-order valence-corrected chi connectivity index (χ2v) is 6.78. The number of hydrogen-bond acceptors (Lipinski definition) is 4. The third kappa shape index (κ3) is 2.60. The summed E-state index contributed by atoms with van der Waals surface area (Å²) in [6, 6.07) is 6.18. The van der Waals surface area contributed by atoms with E-state index in [4.69, 9.17) is 4.74 Å². The van der Waals surface area contributed by atoms with Gasteiger partial charge in [0, 0.05) is 6.04 Å². The molecular formula is C18H21N3O2. The largest absolute Gasteiger partial charge is 0.450 e. The summed E-state index contributed by atoms with van der Waals surface area (Å²) in [6.07, 6.45) is 6.21. The lowest BCUT2D eigenvalue weighted by Gasteiger charge is -2.29. The molecule has 0 unspecified atom stereocenters. The number of fused-ring (bicyclic) bond motifs is 2. The summed E-state index contributed by atoms with van der Waals surface area (Å²) in [5.74, 6) is 2.65. The van der Waals surface area contributed by atoms with Crippen LogP contribution in [0.15, 0.2) is 29.2 Å². The highest BCUT2D eigenvalue weighted by Gasteiger charge is 2.24. The molecule has 1 saturated carbocycles. The molecule has 0 spiro atoms. The predicted octanol–water partition coefficient (Wildman–Crippen LogP) is 4.15. The van der Waals surface area contributed by atoms with Crippen molar-refractivity contribution >= 4 is 11.5 Å². The molecule has 4 rings (SSSR count). The van der Waals surface area contributed by atoms with E-state index in [0.717, 1.165) is 48.6 Å². The maximum atomic E-state index is 12.4. The van der Waals surface area contributed by atoms with Gasteiger partial charge in [-0.3, -0.25) is 4.57 Å². The Bertz CT molecular complexity index is 804. The monoisotopic (exact) mass is 311 g/mol. The summed E-state index contributed by atoms with van der Waals surface area (Å²) in [5.41, 5.74) is 1.79. The number of ether oxygens (including phenoxy) is 1. The minimum absolute atomic E-state index is 0.199. The van der Waals surface area contributed by atoms with Crippen LogP contribution in [0.2, 0.25) is 0 Å². The van der Waals surface area contributed by atoms with Crippen molar-refractivity contribution < 1.29 is 4.74 Å². The van der Waals surface area contributed by atoms with Crippen molar-refractivity contribution in [2.45, 2.75) is 45.6 Å². The average molecular weight is 311 g/mol. The van der Waals surface area contributed by atoms with Crippen molar-refractivity contribution in [3.8, 4) is 11.5 Å². The standard InChI is InChI=1S/C18H21N3O2/c1-11-3-6-13(7-4-11)21-10-16-17(20-18(21)22)19-14-9-12(2)5-8-15(14)23-16/h5,8-11,13H,3-4,6-7H2,1-2H3,(H,19,20,22)/t11-,13-. The van der Waals surface area contributed by atoms with Crippen LogP contribution in [0.3, 0.4) is 0 Å². The van der Waals surface area contributed by atoms with E-state index in [-0.39, 0.29) is 11.7 Å². The van der Waals surface area contributed by atoms with Gasteiger partial charge in [-0.1, -0.05) is 13.0 Å². The molecule has 1 aliphatic heterocycles. The minimum Gasteiger partial charge on any atom is -0.450 e. The zero-order valence-corrected chi connectivity index (χ0v) is 13.5. The molecule has 5 heteroatoms. The van der Waals surface area contributed by atoms with Gasteiger partial charge in [-0.25, -0.2) is 4.79 Å². The molecular weight excluding hydrogens is 290 g/mol. The highest BCUT2D eigenvalue weighted by Crippen LogP contribution is 2.41. The Balaban J connectivity index is 1.68. The Labute approximate surface area is 135 Å². The third-order valence-electron chi connectivity index (χ3n) is 4.90. The van der Waals surface area contributed by atoms with Crippen molar-refractivity contribution in [3.63, 3.8) is 0 Å². The first-order valence-corrected chi connectivity index (χ1v) is 8.29. The number of nitrogens with zero attached hydrogens (tertiary/aromatic N) is 2. The predicted molar refractivity (Wildman–Crippen MR) is 89.7 cm³/mol. The SMILES string of the molecule is Cc1ccc2c(c1)Nc1nc(=O)n([C@H]3CC[C@H](C)CC3)cc1O2. The maximum Gasteiger partial charge on any atom is 0.350 e. The van der Waals surface area contributed by atoms with E-state index in [9.17, 15) is 4.79 Å². The summed E-state index contributed by atoms with van der Waals surface area (Å²) < 4.78 is 7.71. The van der Waals surface area contributed by atoms with Gasteiger partial charge in [0.25, 0.3) is 0 Å². The number of aryl methyl sites for hydroxylation is 1. The second-order valence-electron chi connectivity index (χ2n) is 6.78. The van der Waals surface area contributed by atoms with Crippen LogP contribution in [0.25, 0.3) is 0 Å². The van der Waals surface area contributed by atoms with Gasteiger partial charge in [0.2, 0.25) is 0 Å². The lowest BCUT2D eigenvalue weighted by atomic mass is 9.87. The fourth-order valence-electron chi connectivity index (χ4n) is 3.47. The highest BCUT2D eigenvalue weighted by molar-refractivity contribution is 5.72. The van der Waals surface area contributed by atoms with Crippen molar-refractivity contribution in [2.75, 3.05) is 5.32 Å². The number of rotatable bonds is 1. The van der Waals surface area contributed by atoms with Crippen LogP contribution in [0.1, 0.15) is 44.2 Å². The molecule has 0 saturated heterocycles. The zero-order valence-electron chi connectivity index (χ0n) is 13.5. The van der Waals surface area contributed by atoms with E-state index in [1.54, 1.807) is 4.57 Å². The van der Waals surface area contributed by atoms with E-state index < -0.39 is 0 Å². The first-order valence-electron chi connectivity index (χ1n) is 8.29. The third-order valence-corrected chi connectivity index (χ3v) is 4.90. The lowest BCUT2D eigenvalue weighted by molar-refractivity contribution is 0.280. The maximum absolute atomic E-state index is 12.4. The van der Waals surface area contributed by atoms with Crippen molar-refractivity contribution in [2.24, 2.45) is 5.92 Å². The molecule has 1 aromatic heterocycles. The normalized spacial score (nSPS) is 22.5. The number of anilines is 2. The molecule has 2 aliphatic rings. The quantitative estimate of drug-likeness (QED) is 0.733. The van der Waals surface area contributed by atoms with Gasteiger partial charge in [0.05, 0.1) is 11.9 Å². The van der Waals surface area contributed by atoms with Gasteiger partial charge in [0.15, 0.2) is 17.3 Å². The second kappa shape index (κ2) is 5.41. The Kier molecular flexibility index (Phi) is 3.36. The van der Waals surface area contributed by atoms with Crippen molar-refractivity contribution in [1.29, 1.82) is 0 Å². The molecule has 2 heterocycles. The summed E-state index contributed by atoms with van der Waals surface area (Å²) in [6.45, 7) is 4.29. The number of nitrogens with one attached hydrogen (secondary N) is 1. The topological polar surface area (TPSA) is 56.2 Å². The summed E-state index contributed by atoms with van der Waals surface area (Å²) in [5, 5.41) is 3.21. The molecule has 0 atom stereocenters. The Morgan fingerprint density at radius 3 is 2.78 bits per heavy atom. The fourth-order valence-corrected chi connectivity index (χ4v) is 3.47. The van der Waals surface area contributed by atoms with Gasteiger partial charge in [0.1, 0.15) is 0 Å². The molecule has 1 fully saturated rings. The summed E-state index contributed by atoms with van der Waals surface area (Å²) in [7, 11) is 0. The Morgan fingerprint density at radius 2 is 2.00 bits per heavy atom. The molecule has 1 aliphatic carbocycles. The summed E-state index contributed by atoms with van der Waals surface area (Å²) in [4.78, 5) is 16.6. The molecule has 1 aromatic carbocycles. The molecule has 0 amide bonds. The van der Waals surface area contributed by atoms with Gasteiger partial charge < -0.3 is 10.1 Å². The van der Waals surface area contributed by atoms with E-state index in [1.165, 1.54) is 0 Å². The Morgan fingerprint density at radius 1 is 1.22 bits per heavy atom. The summed E-state index contributed by atoms with van der Waals surface area (Å²) >= 11 is 0. The van der Waals surface area contributed by atoms with Crippen molar-refractivity contribution in [3.05, 3.63) is 40.4 Å². The highest BCUT2D eigenvalue weighted by atomic mass is 16.5. The Hall–Kier alpha value is -2.30. The van der Waals surface area contributed by atoms with Crippen LogP contribution < -0.4 is 15.7 Å². The van der Waals surface area contributed by atoms with Gasteiger partial charge in [-0.05, 0) is 56.2 Å². The van der Waals surface area contributed by atoms with E-state index in [2.05, 4.69) is 17.2 Å². The first-order chi connectivity index (χ1) is 11.1. The first kappa shape index (κ1) is 14.3. The lowest BCUT2D eigenvalue weighted by Crippen LogP contribution is -2.30. The van der Waals surface area contributed by atoms with Crippen LogP contribution in [-0.2, 0) is 0 Å². The van der Waals surface area contributed by atoms with Gasteiger partial charge >= 0.3 is 5.69 Å². The molecule has 23 heavy (non-hydrogen) atoms. The average Bonchev–Trinajstić information content (AvgIpc) is 2.53.